The van der Waals surface area contributed by atoms with E-state index >= 15 is 0 Å². The van der Waals surface area contributed by atoms with Gasteiger partial charge in [-0.25, -0.2) is 17.8 Å². The SMILES string of the molecule is Cc1ccc(S(=O)(=O)Nc2c(C)cc(Cl)nc2Cl)cc1F. The molecule has 4 nitrogen and oxygen atoms in total. The van der Waals surface area contributed by atoms with Crippen LogP contribution in [0.5, 0.6) is 0 Å². The number of aryl methyl sites for hydroxylation is 2. The molecule has 1 aromatic heterocycles. The van der Waals surface area contributed by atoms with E-state index in [2.05, 4.69) is 9.71 Å². The summed E-state index contributed by atoms with van der Waals surface area (Å²) in [5, 5.41) is 0.0815. The fourth-order valence-corrected chi connectivity index (χ4v) is 3.44. The van der Waals surface area contributed by atoms with Crippen molar-refractivity contribution >= 4 is 38.9 Å². The molecule has 0 aliphatic heterocycles. The molecule has 2 rings (SSSR count). The molecular formula is C13H11Cl2FN2O2S. The number of anilines is 1. The number of halogens is 3. The predicted molar refractivity (Wildman–Crippen MR) is 80.9 cm³/mol. The van der Waals surface area contributed by atoms with Gasteiger partial charge >= 0.3 is 0 Å². The Kier molecular flexibility index (Phi) is 4.41. The lowest BCUT2D eigenvalue weighted by Gasteiger charge is -2.12. The smallest absolute Gasteiger partial charge is 0.262 e. The second-order valence-electron chi connectivity index (χ2n) is 4.44. The molecule has 0 unspecified atom stereocenters. The van der Waals surface area contributed by atoms with E-state index in [0.717, 1.165) is 6.07 Å². The zero-order valence-corrected chi connectivity index (χ0v) is 13.4. The van der Waals surface area contributed by atoms with Crippen molar-refractivity contribution in [1.82, 2.24) is 4.98 Å². The average molecular weight is 349 g/mol. The van der Waals surface area contributed by atoms with Gasteiger partial charge in [0.25, 0.3) is 10.0 Å². The van der Waals surface area contributed by atoms with E-state index in [1.165, 1.54) is 18.2 Å². The van der Waals surface area contributed by atoms with Crippen molar-refractivity contribution < 1.29 is 12.8 Å². The van der Waals surface area contributed by atoms with Crippen LogP contribution in [-0.2, 0) is 10.0 Å². The largest absolute Gasteiger partial charge is 0.276 e. The Hall–Kier alpha value is -1.37. The molecule has 112 valence electrons. The van der Waals surface area contributed by atoms with Crippen molar-refractivity contribution in [2.24, 2.45) is 0 Å². The summed E-state index contributed by atoms with van der Waals surface area (Å²) >= 11 is 11.6. The van der Waals surface area contributed by atoms with Gasteiger partial charge in [0.15, 0.2) is 5.15 Å². The number of nitrogens with one attached hydrogen (secondary N) is 1. The first kappa shape index (κ1) is 16.0. The van der Waals surface area contributed by atoms with Crippen LogP contribution < -0.4 is 4.72 Å². The van der Waals surface area contributed by atoms with Crippen molar-refractivity contribution in [2.45, 2.75) is 18.7 Å². The summed E-state index contributed by atoms with van der Waals surface area (Å²) in [5.74, 6) is -0.602. The number of nitrogens with zero attached hydrogens (tertiary/aromatic N) is 1. The zero-order valence-electron chi connectivity index (χ0n) is 11.1. The van der Waals surface area contributed by atoms with Gasteiger partial charge in [-0.1, -0.05) is 29.3 Å². The van der Waals surface area contributed by atoms with Gasteiger partial charge in [0, 0.05) is 0 Å². The van der Waals surface area contributed by atoms with Crippen LogP contribution in [-0.4, -0.2) is 13.4 Å². The van der Waals surface area contributed by atoms with Crippen molar-refractivity contribution in [3.05, 3.63) is 51.5 Å². The van der Waals surface area contributed by atoms with Gasteiger partial charge < -0.3 is 0 Å². The molecule has 0 saturated heterocycles. The fourth-order valence-electron chi connectivity index (χ4n) is 1.65. The molecule has 0 amide bonds. The van der Waals surface area contributed by atoms with Crippen LogP contribution >= 0.6 is 23.2 Å². The van der Waals surface area contributed by atoms with Gasteiger partial charge in [-0.15, -0.1) is 0 Å². The third kappa shape index (κ3) is 3.45. The molecule has 1 heterocycles. The average Bonchev–Trinajstić information content (AvgIpc) is 2.37. The van der Waals surface area contributed by atoms with E-state index in [9.17, 15) is 12.8 Å². The first-order chi connectivity index (χ1) is 9.70. The first-order valence-electron chi connectivity index (χ1n) is 5.82. The molecule has 0 aliphatic rings. The van der Waals surface area contributed by atoms with Crippen LogP contribution in [0.3, 0.4) is 0 Å². The summed E-state index contributed by atoms with van der Waals surface area (Å²) in [4.78, 5) is 3.58. The van der Waals surface area contributed by atoms with Gasteiger partial charge in [0.2, 0.25) is 0 Å². The van der Waals surface area contributed by atoms with E-state index in [1.807, 2.05) is 0 Å². The number of pyridine rings is 1. The standard InChI is InChI=1S/C13H11Cl2FN2O2S/c1-7-3-4-9(6-10(7)16)21(19,20)18-12-8(2)5-11(14)17-13(12)15/h3-6,18H,1-2H3. The Morgan fingerprint density at radius 2 is 1.81 bits per heavy atom. The van der Waals surface area contributed by atoms with Crippen molar-refractivity contribution in [3.63, 3.8) is 0 Å². The topological polar surface area (TPSA) is 59.1 Å². The number of aromatic nitrogens is 1. The van der Waals surface area contributed by atoms with Crippen LogP contribution in [0.15, 0.2) is 29.2 Å². The van der Waals surface area contributed by atoms with E-state index < -0.39 is 15.8 Å². The van der Waals surface area contributed by atoms with E-state index in [0.29, 0.717) is 11.1 Å². The summed E-state index contributed by atoms with van der Waals surface area (Å²) in [6.07, 6.45) is 0. The maximum absolute atomic E-state index is 13.5. The quantitative estimate of drug-likeness (QED) is 0.854. The molecule has 0 aliphatic carbocycles. The normalized spacial score (nSPS) is 11.5. The Labute approximate surface area is 132 Å². The highest BCUT2D eigenvalue weighted by atomic mass is 35.5. The van der Waals surface area contributed by atoms with E-state index in [1.54, 1.807) is 13.8 Å². The second-order valence-corrected chi connectivity index (χ2v) is 6.87. The number of hydrogen-bond donors (Lipinski definition) is 1. The van der Waals surface area contributed by atoms with Gasteiger partial charge in [0.05, 0.1) is 10.6 Å². The van der Waals surface area contributed by atoms with Gasteiger partial charge in [0.1, 0.15) is 11.0 Å². The number of sulfonamides is 1. The Morgan fingerprint density at radius 1 is 1.14 bits per heavy atom. The molecular weight excluding hydrogens is 338 g/mol. The molecule has 0 radical (unpaired) electrons. The number of rotatable bonds is 3. The second kappa shape index (κ2) is 5.79. The highest BCUT2D eigenvalue weighted by molar-refractivity contribution is 7.92. The minimum atomic E-state index is -3.97. The van der Waals surface area contributed by atoms with Crippen LogP contribution in [0, 0.1) is 19.7 Å². The highest BCUT2D eigenvalue weighted by Gasteiger charge is 2.19. The van der Waals surface area contributed by atoms with E-state index in [-0.39, 0.29) is 20.9 Å². The Bertz CT molecular complexity index is 787. The number of hydrogen-bond acceptors (Lipinski definition) is 3. The maximum Gasteiger partial charge on any atom is 0.262 e. The molecule has 1 N–H and O–H groups in total. The van der Waals surface area contributed by atoms with Gasteiger partial charge in [-0.3, -0.25) is 4.72 Å². The lowest BCUT2D eigenvalue weighted by molar-refractivity contribution is 0.593. The lowest BCUT2D eigenvalue weighted by Crippen LogP contribution is -2.15. The Morgan fingerprint density at radius 3 is 2.38 bits per heavy atom. The third-order valence-corrected chi connectivity index (χ3v) is 4.65. The summed E-state index contributed by atoms with van der Waals surface area (Å²) in [5.41, 5.74) is 0.981. The molecule has 0 saturated carbocycles. The fraction of sp³-hybridized carbons (Fsp3) is 0.154. The minimum Gasteiger partial charge on any atom is -0.276 e. The molecule has 0 atom stereocenters. The molecule has 2 aromatic rings. The molecule has 1 aromatic carbocycles. The van der Waals surface area contributed by atoms with Crippen LogP contribution in [0.4, 0.5) is 10.1 Å². The summed E-state index contributed by atoms with van der Waals surface area (Å²) in [6, 6.07) is 5.12. The maximum atomic E-state index is 13.5. The van der Waals surface area contributed by atoms with Crippen molar-refractivity contribution in [2.75, 3.05) is 4.72 Å². The minimum absolute atomic E-state index is 0.0730. The molecule has 0 fully saturated rings. The van der Waals surface area contributed by atoms with Gasteiger partial charge in [-0.2, -0.15) is 0 Å². The molecule has 8 heteroatoms. The summed E-state index contributed by atoms with van der Waals surface area (Å²) in [6.45, 7) is 3.18. The first-order valence-corrected chi connectivity index (χ1v) is 8.06. The number of benzene rings is 1. The summed E-state index contributed by atoms with van der Waals surface area (Å²) in [7, 11) is -3.97. The van der Waals surface area contributed by atoms with Crippen LogP contribution in [0.1, 0.15) is 11.1 Å². The van der Waals surface area contributed by atoms with Crippen molar-refractivity contribution in [1.29, 1.82) is 0 Å². The molecule has 0 bridgehead atoms. The Balaban J connectivity index is 2.44. The lowest BCUT2D eigenvalue weighted by atomic mass is 10.2. The zero-order chi connectivity index (χ0) is 15.8. The molecule has 21 heavy (non-hydrogen) atoms. The van der Waals surface area contributed by atoms with Crippen LogP contribution in [0.2, 0.25) is 10.3 Å². The van der Waals surface area contributed by atoms with Crippen LogP contribution in [0.25, 0.3) is 0 Å². The predicted octanol–water partition coefficient (Wildman–Crippen LogP) is 3.95. The summed E-state index contributed by atoms with van der Waals surface area (Å²) < 4.78 is 40.3. The highest BCUT2D eigenvalue weighted by Crippen LogP contribution is 2.29. The van der Waals surface area contributed by atoms with Crippen molar-refractivity contribution in [3.8, 4) is 0 Å². The van der Waals surface area contributed by atoms with Gasteiger partial charge in [-0.05, 0) is 43.2 Å². The third-order valence-electron chi connectivity index (χ3n) is 2.83. The molecule has 0 spiro atoms. The monoisotopic (exact) mass is 348 g/mol. The van der Waals surface area contributed by atoms with E-state index in [4.69, 9.17) is 23.2 Å².